The molecule has 1 aliphatic rings. The number of ether oxygens (including phenoxy) is 1. The van der Waals surface area contributed by atoms with Crippen molar-refractivity contribution in [2.75, 3.05) is 30.7 Å². The molecule has 0 bridgehead atoms. The van der Waals surface area contributed by atoms with Crippen LogP contribution in [0.4, 0.5) is 5.69 Å². The van der Waals surface area contributed by atoms with Crippen LogP contribution in [0.3, 0.4) is 0 Å². The summed E-state index contributed by atoms with van der Waals surface area (Å²) >= 11 is 0. The molecule has 110 valence electrons. The first-order chi connectivity index (χ1) is 9.36. The average molecular weight is 298 g/mol. The number of fused-ring (bicyclic) bond motifs is 1. The van der Waals surface area contributed by atoms with Crippen LogP contribution < -0.4 is 9.04 Å². The lowest BCUT2D eigenvalue weighted by Gasteiger charge is -2.35. The molecular formula is C13H18N2O4S. The maximum atomic E-state index is 12.2. The van der Waals surface area contributed by atoms with E-state index in [0.717, 1.165) is 0 Å². The van der Waals surface area contributed by atoms with Crippen molar-refractivity contribution >= 4 is 21.6 Å². The highest BCUT2D eigenvalue weighted by atomic mass is 32.2. The molecule has 0 N–H and O–H groups in total. The second-order valence-electron chi connectivity index (χ2n) is 4.74. The molecule has 1 atom stereocenters. The fraction of sp³-hybridized carbons (Fsp3) is 0.462. The van der Waals surface area contributed by atoms with Crippen molar-refractivity contribution < 1.29 is 17.9 Å². The van der Waals surface area contributed by atoms with Gasteiger partial charge in [0, 0.05) is 14.1 Å². The van der Waals surface area contributed by atoms with Gasteiger partial charge in [0.15, 0.2) is 6.10 Å². The average Bonchev–Trinajstić information content (AvgIpc) is 2.45. The summed E-state index contributed by atoms with van der Waals surface area (Å²) in [5.74, 6) is 0.135. The first-order valence-electron chi connectivity index (χ1n) is 6.34. The van der Waals surface area contributed by atoms with E-state index in [1.165, 1.54) is 9.21 Å². The number of rotatable bonds is 3. The summed E-state index contributed by atoms with van der Waals surface area (Å²) in [7, 11) is -0.212. The predicted octanol–water partition coefficient (Wildman–Crippen LogP) is 0.692. The number of amides is 1. The van der Waals surface area contributed by atoms with E-state index in [1.54, 1.807) is 45.3 Å². The second kappa shape index (κ2) is 5.32. The van der Waals surface area contributed by atoms with Crippen LogP contribution in [0.2, 0.25) is 0 Å². The van der Waals surface area contributed by atoms with Crippen molar-refractivity contribution in [1.29, 1.82) is 0 Å². The van der Waals surface area contributed by atoms with E-state index in [4.69, 9.17) is 4.74 Å². The van der Waals surface area contributed by atoms with Gasteiger partial charge in [-0.2, -0.15) is 0 Å². The summed E-state index contributed by atoms with van der Waals surface area (Å²) in [5, 5.41) is 0. The fourth-order valence-corrected chi connectivity index (χ4v) is 3.16. The number of nitrogens with zero attached hydrogens (tertiary/aromatic N) is 2. The molecule has 1 aliphatic heterocycles. The lowest BCUT2D eigenvalue weighted by atomic mass is 10.2. The molecule has 20 heavy (non-hydrogen) atoms. The lowest BCUT2D eigenvalue weighted by molar-refractivity contribution is -0.135. The second-order valence-corrected chi connectivity index (χ2v) is 6.92. The minimum Gasteiger partial charge on any atom is -0.476 e. The van der Waals surface area contributed by atoms with Crippen molar-refractivity contribution in [1.82, 2.24) is 4.90 Å². The molecule has 0 saturated carbocycles. The van der Waals surface area contributed by atoms with Gasteiger partial charge in [0.05, 0.1) is 18.0 Å². The van der Waals surface area contributed by atoms with Gasteiger partial charge in [-0.3, -0.25) is 9.10 Å². The van der Waals surface area contributed by atoms with Crippen LogP contribution in [0.1, 0.15) is 6.92 Å². The number of anilines is 1. The van der Waals surface area contributed by atoms with Crippen molar-refractivity contribution in [3.05, 3.63) is 24.3 Å². The van der Waals surface area contributed by atoms with Gasteiger partial charge in [-0.25, -0.2) is 8.42 Å². The zero-order chi connectivity index (χ0) is 14.9. The van der Waals surface area contributed by atoms with Crippen LogP contribution in [0.25, 0.3) is 0 Å². The topological polar surface area (TPSA) is 66.9 Å². The predicted molar refractivity (Wildman–Crippen MR) is 76.4 cm³/mol. The molecule has 1 aromatic rings. The fourth-order valence-electron chi connectivity index (χ4n) is 2.04. The van der Waals surface area contributed by atoms with Crippen LogP contribution in [-0.2, 0) is 14.8 Å². The van der Waals surface area contributed by atoms with Crippen LogP contribution in [0, 0.1) is 0 Å². The zero-order valence-corrected chi connectivity index (χ0v) is 12.6. The SMILES string of the molecule is CCS(=O)(=O)N1C[C@@H](C(=O)N(C)C)Oc2ccccc21. The molecule has 0 saturated heterocycles. The maximum Gasteiger partial charge on any atom is 0.265 e. The number of likely N-dealkylation sites (N-methyl/N-ethyl adjacent to an activating group) is 1. The summed E-state index contributed by atoms with van der Waals surface area (Å²) in [6.45, 7) is 1.58. The molecule has 6 nitrogen and oxygen atoms in total. The minimum atomic E-state index is -3.44. The van der Waals surface area contributed by atoms with E-state index >= 15 is 0 Å². The van der Waals surface area contributed by atoms with Gasteiger partial charge in [0.2, 0.25) is 10.0 Å². The summed E-state index contributed by atoms with van der Waals surface area (Å²) in [6.07, 6.45) is -0.818. The van der Waals surface area contributed by atoms with Gasteiger partial charge < -0.3 is 9.64 Å². The molecule has 0 aromatic heterocycles. The van der Waals surface area contributed by atoms with Crippen LogP contribution in [0.15, 0.2) is 24.3 Å². The molecule has 0 spiro atoms. The van der Waals surface area contributed by atoms with Gasteiger partial charge in [-0.05, 0) is 19.1 Å². The third-order valence-corrected chi connectivity index (χ3v) is 4.90. The number of carbonyl (C=O) groups is 1. The van der Waals surface area contributed by atoms with E-state index in [9.17, 15) is 13.2 Å². The summed E-state index contributed by atoms with van der Waals surface area (Å²) < 4.78 is 31.3. The normalized spacial score (nSPS) is 18.1. The first kappa shape index (κ1) is 14.6. The van der Waals surface area contributed by atoms with E-state index in [-0.39, 0.29) is 18.2 Å². The molecule has 0 fully saturated rings. The standard InChI is InChI=1S/C13H18N2O4S/c1-4-20(17,18)15-9-12(13(16)14(2)3)19-11-8-6-5-7-10(11)15/h5-8,12H,4,9H2,1-3H3/t12-/m0/s1. The van der Waals surface area contributed by atoms with Crippen molar-refractivity contribution in [2.45, 2.75) is 13.0 Å². The monoisotopic (exact) mass is 298 g/mol. The number of carbonyl (C=O) groups excluding carboxylic acids is 1. The third kappa shape index (κ3) is 2.58. The number of benzene rings is 1. The van der Waals surface area contributed by atoms with Gasteiger partial charge in [-0.1, -0.05) is 12.1 Å². The molecule has 0 aliphatic carbocycles. The Morgan fingerprint density at radius 3 is 2.65 bits per heavy atom. The van der Waals surface area contributed by atoms with E-state index in [1.807, 2.05) is 0 Å². The van der Waals surface area contributed by atoms with Gasteiger partial charge in [-0.15, -0.1) is 0 Å². The molecule has 1 heterocycles. The third-order valence-electron chi connectivity index (χ3n) is 3.15. The highest BCUT2D eigenvalue weighted by Crippen LogP contribution is 2.35. The van der Waals surface area contributed by atoms with Crippen molar-refractivity contribution in [3.63, 3.8) is 0 Å². The van der Waals surface area contributed by atoms with Gasteiger partial charge in [0.25, 0.3) is 5.91 Å². The Morgan fingerprint density at radius 1 is 1.40 bits per heavy atom. The number of sulfonamides is 1. The largest absolute Gasteiger partial charge is 0.476 e. The Bertz CT molecular complexity index is 613. The molecule has 7 heteroatoms. The number of hydrogen-bond acceptors (Lipinski definition) is 4. The van der Waals surface area contributed by atoms with Gasteiger partial charge >= 0.3 is 0 Å². The molecule has 1 aromatic carbocycles. The number of hydrogen-bond donors (Lipinski definition) is 0. The molecule has 0 radical (unpaired) electrons. The Morgan fingerprint density at radius 2 is 2.05 bits per heavy atom. The molecule has 2 rings (SSSR count). The minimum absolute atomic E-state index is 0.00417. The molecule has 0 unspecified atom stereocenters. The Hall–Kier alpha value is -1.76. The lowest BCUT2D eigenvalue weighted by Crippen LogP contribution is -2.50. The van der Waals surface area contributed by atoms with Crippen molar-refractivity contribution in [3.8, 4) is 5.75 Å². The summed E-state index contributed by atoms with van der Waals surface area (Å²) in [6, 6.07) is 6.84. The Kier molecular flexibility index (Phi) is 3.89. The van der Waals surface area contributed by atoms with E-state index in [2.05, 4.69) is 0 Å². The first-order valence-corrected chi connectivity index (χ1v) is 7.95. The summed E-state index contributed by atoms with van der Waals surface area (Å²) in [5.41, 5.74) is 0.483. The van der Waals surface area contributed by atoms with Crippen LogP contribution in [0.5, 0.6) is 5.75 Å². The Balaban J connectivity index is 2.44. The van der Waals surface area contributed by atoms with Gasteiger partial charge in [0.1, 0.15) is 5.75 Å². The Labute approximate surface area is 119 Å². The maximum absolute atomic E-state index is 12.2. The van der Waals surface area contributed by atoms with E-state index < -0.39 is 16.1 Å². The zero-order valence-electron chi connectivity index (χ0n) is 11.7. The molecular weight excluding hydrogens is 280 g/mol. The highest BCUT2D eigenvalue weighted by Gasteiger charge is 2.36. The summed E-state index contributed by atoms with van der Waals surface area (Å²) in [4.78, 5) is 13.4. The smallest absolute Gasteiger partial charge is 0.265 e. The highest BCUT2D eigenvalue weighted by molar-refractivity contribution is 7.92. The molecule has 1 amide bonds. The quantitative estimate of drug-likeness (QED) is 0.823. The van der Waals surface area contributed by atoms with E-state index in [0.29, 0.717) is 11.4 Å². The number of para-hydroxylation sites is 2. The van der Waals surface area contributed by atoms with Crippen molar-refractivity contribution in [2.24, 2.45) is 0 Å². The van der Waals surface area contributed by atoms with Crippen LogP contribution >= 0.6 is 0 Å². The van der Waals surface area contributed by atoms with Crippen LogP contribution in [-0.4, -0.2) is 51.7 Å².